The van der Waals surface area contributed by atoms with Crippen molar-refractivity contribution in [3.63, 3.8) is 0 Å². The molecule has 1 aliphatic heterocycles. The summed E-state index contributed by atoms with van der Waals surface area (Å²) in [6.07, 6.45) is 0.213. The molecule has 0 bridgehead atoms. The van der Waals surface area contributed by atoms with Crippen molar-refractivity contribution in [1.29, 1.82) is 0 Å². The van der Waals surface area contributed by atoms with Crippen LogP contribution < -0.4 is 15.5 Å². The van der Waals surface area contributed by atoms with Gasteiger partial charge < -0.3 is 5.32 Å². The SMILES string of the molecule is Cc1ccc(NC(=O)c2cccc(N3CCC(=O)NC3=O)c2)cc1-c1nn[nH]n1. The summed E-state index contributed by atoms with van der Waals surface area (Å²) in [5.41, 5.74) is 3.19. The molecule has 4 rings (SSSR count). The van der Waals surface area contributed by atoms with Crippen LogP contribution in [0.1, 0.15) is 22.3 Å². The number of benzene rings is 2. The second-order valence-corrected chi connectivity index (χ2v) is 6.52. The van der Waals surface area contributed by atoms with E-state index in [4.69, 9.17) is 0 Å². The summed E-state index contributed by atoms with van der Waals surface area (Å²) in [5.74, 6) is -0.202. The van der Waals surface area contributed by atoms with Crippen molar-refractivity contribution in [2.24, 2.45) is 0 Å². The predicted octanol–water partition coefficient (Wildman–Crippen LogP) is 1.87. The maximum atomic E-state index is 12.7. The number of anilines is 2. The monoisotopic (exact) mass is 391 g/mol. The van der Waals surface area contributed by atoms with E-state index in [2.05, 4.69) is 31.3 Å². The number of carbonyl (C=O) groups is 3. The summed E-state index contributed by atoms with van der Waals surface area (Å²) in [6, 6.07) is 11.6. The fourth-order valence-corrected chi connectivity index (χ4v) is 3.05. The minimum Gasteiger partial charge on any atom is -0.322 e. The highest BCUT2D eigenvalue weighted by molar-refractivity contribution is 6.08. The number of urea groups is 1. The minimum atomic E-state index is -0.498. The number of hydrogen-bond acceptors (Lipinski definition) is 6. The lowest BCUT2D eigenvalue weighted by atomic mass is 10.1. The number of hydrogen-bond donors (Lipinski definition) is 3. The van der Waals surface area contributed by atoms with Gasteiger partial charge in [0.05, 0.1) is 0 Å². The molecule has 0 saturated carbocycles. The molecule has 0 unspecified atom stereocenters. The summed E-state index contributed by atoms with van der Waals surface area (Å²) in [7, 11) is 0. The maximum absolute atomic E-state index is 12.7. The van der Waals surface area contributed by atoms with Crippen LogP contribution >= 0.6 is 0 Å². The van der Waals surface area contributed by atoms with Crippen LogP contribution in [0.2, 0.25) is 0 Å². The summed E-state index contributed by atoms with van der Waals surface area (Å²) >= 11 is 0. The zero-order chi connectivity index (χ0) is 20.4. The largest absolute Gasteiger partial charge is 0.328 e. The van der Waals surface area contributed by atoms with Crippen molar-refractivity contribution < 1.29 is 14.4 Å². The van der Waals surface area contributed by atoms with Crippen molar-refractivity contribution in [3.8, 4) is 11.4 Å². The number of amides is 4. The summed E-state index contributed by atoms with van der Waals surface area (Å²) in [5, 5.41) is 19.0. The molecule has 10 heteroatoms. The molecule has 2 heterocycles. The van der Waals surface area contributed by atoms with Gasteiger partial charge in [-0.2, -0.15) is 5.21 Å². The normalized spacial score (nSPS) is 13.9. The molecular formula is C19H17N7O3. The third kappa shape index (κ3) is 3.81. The van der Waals surface area contributed by atoms with E-state index < -0.39 is 6.03 Å². The van der Waals surface area contributed by atoms with Crippen LogP contribution in [0.3, 0.4) is 0 Å². The topological polar surface area (TPSA) is 133 Å². The number of aromatic nitrogens is 4. The second kappa shape index (κ2) is 7.50. The number of aromatic amines is 1. The van der Waals surface area contributed by atoms with Gasteiger partial charge in [-0.05, 0) is 48.0 Å². The highest BCUT2D eigenvalue weighted by Crippen LogP contribution is 2.24. The van der Waals surface area contributed by atoms with E-state index in [1.165, 1.54) is 4.90 Å². The molecule has 146 valence electrons. The van der Waals surface area contributed by atoms with E-state index in [1.807, 2.05) is 13.0 Å². The Morgan fingerprint density at radius 3 is 2.79 bits per heavy atom. The van der Waals surface area contributed by atoms with Crippen molar-refractivity contribution in [2.45, 2.75) is 13.3 Å². The van der Waals surface area contributed by atoms with Crippen LogP contribution in [-0.2, 0) is 4.79 Å². The average Bonchev–Trinajstić information content (AvgIpc) is 3.24. The lowest BCUT2D eigenvalue weighted by Gasteiger charge is -2.26. The highest BCUT2D eigenvalue weighted by Gasteiger charge is 2.24. The second-order valence-electron chi connectivity index (χ2n) is 6.52. The number of rotatable bonds is 4. The van der Waals surface area contributed by atoms with E-state index in [0.29, 0.717) is 22.8 Å². The fourth-order valence-electron chi connectivity index (χ4n) is 3.05. The molecule has 2 aromatic carbocycles. The third-order valence-corrected chi connectivity index (χ3v) is 4.56. The van der Waals surface area contributed by atoms with Gasteiger partial charge in [0.15, 0.2) is 0 Å². The van der Waals surface area contributed by atoms with Crippen LogP contribution in [0.25, 0.3) is 11.4 Å². The summed E-state index contributed by atoms with van der Waals surface area (Å²) < 4.78 is 0. The maximum Gasteiger partial charge on any atom is 0.328 e. The number of nitrogens with zero attached hydrogens (tertiary/aromatic N) is 4. The third-order valence-electron chi connectivity index (χ3n) is 4.56. The quantitative estimate of drug-likeness (QED) is 0.622. The van der Waals surface area contributed by atoms with Gasteiger partial charge in [0.25, 0.3) is 5.91 Å². The van der Waals surface area contributed by atoms with Crippen LogP contribution in [0.4, 0.5) is 16.2 Å². The standard InChI is InChI=1S/C19H17N7O3/c1-11-5-6-13(10-15(11)17-22-24-25-23-17)20-18(28)12-3-2-4-14(9-12)26-8-7-16(27)21-19(26)29/h2-6,9-10H,7-8H2,1H3,(H,20,28)(H,21,27,29)(H,22,23,24,25). The first-order valence-electron chi connectivity index (χ1n) is 8.88. The van der Waals surface area contributed by atoms with Gasteiger partial charge in [0.1, 0.15) is 0 Å². The molecule has 3 N–H and O–H groups in total. The molecule has 0 aliphatic carbocycles. The van der Waals surface area contributed by atoms with Gasteiger partial charge in [0, 0.05) is 35.5 Å². The van der Waals surface area contributed by atoms with Crippen LogP contribution in [0.5, 0.6) is 0 Å². The molecule has 10 nitrogen and oxygen atoms in total. The van der Waals surface area contributed by atoms with Crippen LogP contribution in [0, 0.1) is 6.92 Å². The molecular weight excluding hydrogens is 374 g/mol. The van der Waals surface area contributed by atoms with Crippen LogP contribution in [0.15, 0.2) is 42.5 Å². The Labute approximate surface area is 165 Å². The molecule has 3 aromatic rings. The Morgan fingerprint density at radius 1 is 1.17 bits per heavy atom. The van der Waals surface area contributed by atoms with Crippen molar-refractivity contribution >= 4 is 29.2 Å². The first kappa shape index (κ1) is 18.3. The predicted molar refractivity (Wildman–Crippen MR) is 104 cm³/mol. The number of imide groups is 1. The number of aryl methyl sites for hydroxylation is 1. The Bertz CT molecular complexity index is 1090. The van der Waals surface area contributed by atoms with E-state index in [9.17, 15) is 14.4 Å². The van der Waals surface area contributed by atoms with E-state index in [0.717, 1.165) is 11.1 Å². The van der Waals surface area contributed by atoms with Gasteiger partial charge in [0.2, 0.25) is 11.7 Å². The number of carbonyl (C=O) groups excluding carboxylic acids is 3. The van der Waals surface area contributed by atoms with Crippen molar-refractivity contribution in [1.82, 2.24) is 25.9 Å². The first-order valence-corrected chi connectivity index (χ1v) is 8.88. The number of tetrazole rings is 1. The van der Waals surface area contributed by atoms with E-state index in [-0.39, 0.29) is 24.8 Å². The number of nitrogens with one attached hydrogen (secondary N) is 3. The van der Waals surface area contributed by atoms with Gasteiger partial charge in [-0.3, -0.25) is 19.8 Å². The highest BCUT2D eigenvalue weighted by atomic mass is 16.2. The zero-order valence-electron chi connectivity index (χ0n) is 15.5. The fraction of sp³-hybridized carbons (Fsp3) is 0.158. The van der Waals surface area contributed by atoms with Crippen LogP contribution in [-0.4, -0.2) is 45.0 Å². The Kier molecular flexibility index (Phi) is 4.73. The van der Waals surface area contributed by atoms with E-state index >= 15 is 0 Å². The number of H-pyrrole nitrogens is 1. The molecule has 29 heavy (non-hydrogen) atoms. The van der Waals surface area contributed by atoms with Gasteiger partial charge >= 0.3 is 6.03 Å². The summed E-state index contributed by atoms with van der Waals surface area (Å²) in [4.78, 5) is 37.5. The molecule has 1 fully saturated rings. The Balaban J connectivity index is 1.54. The van der Waals surface area contributed by atoms with Gasteiger partial charge in [-0.25, -0.2) is 4.79 Å². The molecule has 0 spiro atoms. The minimum absolute atomic E-state index is 0.213. The Hall–Kier alpha value is -4.08. The van der Waals surface area contributed by atoms with Gasteiger partial charge in [-0.15, -0.1) is 10.2 Å². The molecule has 4 amide bonds. The molecule has 0 radical (unpaired) electrons. The van der Waals surface area contributed by atoms with Gasteiger partial charge in [-0.1, -0.05) is 12.1 Å². The van der Waals surface area contributed by atoms with Crippen molar-refractivity contribution in [3.05, 3.63) is 53.6 Å². The molecule has 1 saturated heterocycles. The van der Waals surface area contributed by atoms with E-state index in [1.54, 1.807) is 36.4 Å². The lowest BCUT2D eigenvalue weighted by Crippen LogP contribution is -2.49. The molecule has 1 aromatic heterocycles. The smallest absolute Gasteiger partial charge is 0.322 e. The Morgan fingerprint density at radius 2 is 2.03 bits per heavy atom. The van der Waals surface area contributed by atoms with Crippen molar-refractivity contribution in [2.75, 3.05) is 16.8 Å². The average molecular weight is 391 g/mol. The lowest BCUT2D eigenvalue weighted by molar-refractivity contribution is -0.120. The zero-order valence-corrected chi connectivity index (χ0v) is 15.5. The molecule has 0 atom stereocenters. The first-order chi connectivity index (χ1) is 14.0. The summed E-state index contributed by atoms with van der Waals surface area (Å²) in [6.45, 7) is 2.18. The molecule has 1 aliphatic rings.